The third-order valence-electron chi connectivity index (χ3n) is 18.2. The summed E-state index contributed by atoms with van der Waals surface area (Å²) in [5.41, 5.74) is 28.3. The number of fused-ring (bicyclic) bond motifs is 6. The summed E-state index contributed by atoms with van der Waals surface area (Å²) in [6.45, 7) is 0. The first-order valence-corrected chi connectivity index (χ1v) is 31.1. The highest BCUT2D eigenvalue weighted by molar-refractivity contribution is 6.29. The van der Waals surface area contributed by atoms with Crippen LogP contribution in [0.1, 0.15) is 0 Å². The Morgan fingerprint density at radius 3 is 0.311 bits per heavy atom. The monoisotopic (exact) mass is 1140 g/mol. The first-order valence-electron chi connectivity index (χ1n) is 31.1. The summed E-state index contributed by atoms with van der Waals surface area (Å²) in [7, 11) is 0. The zero-order valence-corrected chi connectivity index (χ0v) is 49.6. The molecule has 0 heterocycles. The van der Waals surface area contributed by atoms with E-state index in [-0.39, 0.29) is 0 Å². The van der Waals surface area contributed by atoms with Crippen molar-refractivity contribution in [2.45, 2.75) is 0 Å². The number of rotatable bonds is 12. The van der Waals surface area contributed by atoms with Gasteiger partial charge < -0.3 is 0 Å². The molecule has 0 nitrogen and oxygen atoms in total. The SMILES string of the molecule is c1ccc(-c2ccc(-c3cc4c5cc(-c6ccc(-c7ccccc7)cc6)c(-c6ccc(-c7ccccc7)cc6)cc5c5cc(-c6ccc(-c7ccccc7)cc6)c(-c6ccc(-c7ccccc7)cc6)cc5c4cc3-c3ccc(-c4ccccc4)cc3)cc2)cc1. The molecule has 16 aromatic rings. The van der Waals surface area contributed by atoms with Crippen LogP contribution in [0.15, 0.2) is 364 Å². The van der Waals surface area contributed by atoms with Gasteiger partial charge in [-0.2, -0.15) is 0 Å². The van der Waals surface area contributed by atoms with Gasteiger partial charge in [0.05, 0.1) is 0 Å². The van der Waals surface area contributed by atoms with Gasteiger partial charge in [0.2, 0.25) is 0 Å². The summed E-state index contributed by atoms with van der Waals surface area (Å²) < 4.78 is 0. The van der Waals surface area contributed by atoms with E-state index < -0.39 is 0 Å². The van der Waals surface area contributed by atoms with Gasteiger partial charge in [0, 0.05) is 0 Å². The minimum atomic E-state index is 1.16. The molecule has 420 valence electrons. The van der Waals surface area contributed by atoms with E-state index in [2.05, 4.69) is 364 Å². The van der Waals surface area contributed by atoms with Crippen molar-refractivity contribution in [2.24, 2.45) is 0 Å². The summed E-state index contributed by atoms with van der Waals surface area (Å²) in [5.74, 6) is 0. The molecule has 0 aliphatic rings. The molecule has 0 fully saturated rings. The van der Waals surface area contributed by atoms with Crippen LogP contribution < -0.4 is 0 Å². The van der Waals surface area contributed by atoms with Crippen LogP contribution in [0.25, 0.3) is 166 Å². The van der Waals surface area contributed by atoms with E-state index >= 15 is 0 Å². The lowest BCUT2D eigenvalue weighted by Gasteiger charge is -2.21. The molecule has 90 heavy (non-hydrogen) atoms. The van der Waals surface area contributed by atoms with Crippen molar-refractivity contribution in [2.75, 3.05) is 0 Å². The van der Waals surface area contributed by atoms with Crippen LogP contribution in [0.2, 0.25) is 0 Å². The van der Waals surface area contributed by atoms with Crippen molar-refractivity contribution < 1.29 is 0 Å². The predicted molar refractivity (Wildman–Crippen MR) is 384 cm³/mol. The minimum absolute atomic E-state index is 1.16. The molecule has 0 aliphatic heterocycles. The smallest absolute Gasteiger partial charge is 0.00921 e. The average molecular weight is 1140 g/mol. The fourth-order valence-electron chi connectivity index (χ4n) is 13.4. The highest BCUT2D eigenvalue weighted by atomic mass is 14.3. The second kappa shape index (κ2) is 23.5. The third kappa shape index (κ3) is 10.4. The quantitative estimate of drug-likeness (QED) is 0.107. The normalized spacial score (nSPS) is 11.3. The van der Waals surface area contributed by atoms with Gasteiger partial charge in [0.15, 0.2) is 0 Å². The molecule has 0 atom stereocenters. The van der Waals surface area contributed by atoms with Crippen LogP contribution >= 0.6 is 0 Å². The first-order chi connectivity index (χ1) is 44.6. The van der Waals surface area contributed by atoms with Gasteiger partial charge in [-0.05, 0) is 202 Å². The lowest BCUT2D eigenvalue weighted by molar-refractivity contribution is 1.57. The molecule has 0 aromatic heterocycles. The van der Waals surface area contributed by atoms with Crippen LogP contribution in [-0.4, -0.2) is 0 Å². The lowest BCUT2D eigenvalue weighted by Crippen LogP contribution is -1.94. The number of hydrogen-bond acceptors (Lipinski definition) is 0. The van der Waals surface area contributed by atoms with E-state index in [0.717, 1.165) is 33.4 Å². The molecule has 0 radical (unpaired) electrons. The Morgan fingerprint density at radius 1 is 0.0889 bits per heavy atom. The second-order valence-corrected chi connectivity index (χ2v) is 23.5. The van der Waals surface area contributed by atoms with Crippen molar-refractivity contribution in [3.05, 3.63) is 364 Å². The highest BCUT2D eigenvalue weighted by Gasteiger charge is 2.22. The number of benzene rings is 16. The average Bonchev–Trinajstić information content (AvgIpc) is 0.764. The van der Waals surface area contributed by atoms with E-state index in [4.69, 9.17) is 0 Å². The summed E-state index contributed by atoms with van der Waals surface area (Å²) in [6.07, 6.45) is 0. The van der Waals surface area contributed by atoms with E-state index in [1.807, 2.05) is 0 Å². The largest absolute Gasteiger partial charge is 0.0622 e. The molecule has 16 rings (SSSR count). The van der Waals surface area contributed by atoms with Gasteiger partial charge in [0.25, 0.3) is 0 Å². The van der Waals surface area contributed by atoms with Crippen molar-refractivity contribution >= 4 is 32.3 Å². The van der Waals surface area contributed by atoms with Gasteiger partial charge in [-0.25, -0.2) is 0 Å². The summed E-state index contributed by atoms with van der Waals surface area (Å²) in [4.78, 5) is 0. The standard InChI is InChI=1S/C90H60/c1-7-19-61(20-8-1)67-31-43-73(44-32-67)79-55-85-86(56-80(79)74-45-33-68(34-46-74)62-21-9-2-10-22-62)88-58-82(76-49-37-70(38-50-76)64-25-13-4-14-26-64)84(78-53-41-72(42-54-78)66-29-17-6-18-30-66)60-90(88)89-59-83(77-51-39-71(40-52-77)65-27-15-5-16-28-65)81(57-87(85)89)75-47-35-69(36-48-75)63-23-11-3-12-24-63/h1-60H. The van der Waals surface area contributed by atoms with Crippen LogP contribution in [-0.2, 0) is 0 Å². The van der Waals surface area contributed by atoms with E-state index in [0.29, 0.717) is 0 Å². The maximum absolute atomic E-state index is 2.51. The molecule has 0 heteroatoms. The van der Waals surface area contributed by atoms with Crippen molar-refractivity contribution in [3.63, 3.8) is 0 Å². The van der Waals surface area contributed by atoms with Crippen LogP contribution in [0.4, 0.5) is 0 Å². The molecule has 0 bridgehead atoms. The van der Waals surface area contributed by atoms with Gasteiger partial charge in [-0.3, -0.25) is 0 Å². The zero-order valence-electron chi connectivity index (χ0n) is 49.6. The molecular weight excluding hydrogens is 1080 g/mol. The Labute approximate surface area is 526 Å². The summed E-state index contributed by atoms with van der Waals surface area (Å²) in [5, 5.41) is 7.18. The van der Waals surface area contributed by atoms with Crippen LogP contribution in [0, 0.1) is 0 Å². The summed E-state index contributed by atoms with van der Waals surface area (Å²) >= 11 is 0. The van der Waals surface area contributed by atoms with Gasteiger partial charge in [0.1, 0.15) is 0 Å². The lowest BCUT2D eigenvalue weighted by atomic mass is 9.82. The van der Waals surface area contributed by atoms with Crippen LogP contribution in [0.3, 0.4) is 0 Å². The molecule has 0 aliphatic carbocycles. The second-order valence-electron chi connectivity index (χ2n) is 23.5. The van der Waals surface area contributed by atoms with Gasteiger partial charge in [-0.1, -0.05) is 328 Å². The van der Waals surface area contributed by atoms with Crippen molar-refractivity contribution in [1.29, 1.82) is 0 Å². The topological polar surface area (TPSA) is 0 Å². The molecule has 0 spiro atoms. The fraction of sp³-hybridized carbons (Fsp3) is 0. The van der Waals surface area contributed by atoms with Crippen molar-refractivity contribution in [3.8, 4) is 134 Å². The maximum atomic E-state index is 2.51. The first kappa shape index (κ1) is 53.7. The molecular formula is C90H60. The molecule has 0 saturated carbocycles. The Bertz CT molecular complexity index is 4300. The van der Waals surface area contributed by atoms with Gasteiger partial charge in [-0.15, -0.1) is 0 Å². The molecule has 16 aromatic carbocycles. The molecule has 0 N–H and O–H groups in total. The van der Waals surface area contributed by atoms with E-state index in [1.54, 1.807) is 0 Å². The Morgan fingerprint density at radius 2 is 0.189 bits per heavy atom. The van der Waals surface area contributed by atoms with E-state index in [1.165, 1.54) is 132 Å². The highest BCUT2D eigenvalue weighted by Crippen LogP contribution is 2.49. The van der Waals surface area contributed by atoms with Crippen molar-refractivity contribution in [1.82, 2.24) is 0 Å². The zero-order chi connectivity index (χ0) is 59.7. The maximum Gasteiger partial charge on any atom is -0.00921 e. The minimum Gasteiger partial charge on any atom is -0.0622 e. The van der Waals surface area contributed by atoms with Crippen LogP contribution in [0.5, 0.6) is 0 Å². The fourth-order valence-corrected chi connectivity index (χ4v) is 13.4. The molecule has 0 unspecified atom stereocenters. The summed E-state index contributed by atoms with van der Waals surface area (Å²) in [6, 6.07) is 134. The van der Waals surface area contributed by atoms with Gasteiger partial charge >= 0.3 is 0 Å². The van der Waals surface area contributed by atoms with E-state index in [9.17, 15) is 0 Å². The molecule has 0 saturated heterocycles. The Kier molecular flexibility index (Phi) is 14.1. The third-order valence-corrected chi connectivity index (χ3v) is 18.2. The number of hydrogen-bond donors (Lipinski definition) is 0. The predicted octanol–water partition coefficient (Wildman–Crippen LogP) is 25.2. The molecule has 0 amide bonds. The Balaban J connectivity index is 1.00. The Hall–Kier alpha value is -11.7.